The summed E-state index contributed by atoms with van der Waals surface area (Å²) in [6.07, 6.45) is 0.771. The third kappa shape index (κ3) is 6.58. The SMILES string of the molecule is CCOC(=O)c1cc(CC)sc1NC(=O)CSc1nnc(COc2cc(C)cc(C)c2)n1C. The second kappa shape index (κ2) is 11.3. The first-order valence-corrected chi connectivity index (χ1v) is 12.4. The Morgan fingerprint density at radius 2 is 1.85 bits per heavy atom. The topological polar surface area (TPSA) is 95.3 Å². The van der Waals surface area contributed by atoms with Crippen molar-refractivity contribution in [2.24, 2.45) is 7.05 Å². The first-order chi connectivity index (χ1) is 15.8. The number of esters is 1. The maximum atomic E-state index is 12.5. The molecule has 0 saturated carbocycles. The molecule has 2 aromatic heterocycles. The Morgan fingerprint density at radius 1 is 1.12 bits per heavy atom. The van der Waals surface area contributed by atoms with E-state index < -0.39 is 5.97 Å². The fourth-order valence-electron chi connectivity index (χ4n) is 3.12. The number of carbonyl (C=O) groups is 2. The van der Waals surface area contributed by atoms with Gasteiger partial charge in [-0.25, -0.2) is 4.79 Å². The van der Waals surface area contributed by atoms with Crippen molar-refractivity contribution in [3.05, 3.63) is 51.7 Å². The van der Waals surface area contributed by atoms with Gasteiger partial charge in [0.2, 0.25) is 5.91 Å². The number of benzene rings is 1. The standard InChI is InChI=1S/C23H28N4O4S2/c1-6-17-11-18(22(29)30-7-2)21(33-17)24-20(28)13-32-23-26-25-19(27(23)5)12-31-16-9-14(3)8-15(4)10-16/h8-11H,6-7,12-13H2,1-5H3,(H,24,28). The van der Waals surface area contributed by atoms with Crippen LogP contribution in [0.2, 0.25) is 0 Å². The summed E-state index contributed by atoms with van der Waals surface area (Å²) in [6.45, 7) is 8.35. The summed E-state index contributed by atoms with van der Waals surface area (Å²) >= 11 is 2.65. The molecule has 0 spiro atoms. The number of ether oxygens (including phenoxy) is 2. The molecule has 176 valence electrons. The number of thiophene rings is 1. The number of aryl methyl sites for hydroxylation is 3. The van der Waals surface area contributed by atoms with E-state index in [-0.39, 0.29) is 24.9 Å². The number of carbonyl (C=O) groups excluding carboxylic acids is 2. The molecule has 0 aliphatic heterocycles. The van der Waals surface area contributed by atoms with Crippen LogP contribution in [-0.4, -0.2) is 39.0 Å². The Labute approximate surface area is 201 Å². The zero-order valence-electron chi connectivity index (χ0n) is 19.4. The summed E-state index contributed by atoms with van der Waals surface area (Å²) in [7, 11) is 1.84. The number of nitrogens with one attached hydrogen (secondary N) is 1. The van der Waals surface area contributed by atoms with Crippen molar-refractivity contribution in [3.63, 3.8) is 0 Å². The summed E-state index contributed by atoms with van der Waals surface area (Å²) in [6, 6.07) is 7.81. The van der Waals surface area contributed by atoms with E-state index >= 15 is 0 Å². The van der Waals surface area contributed by atoms with Gasteiger partial charge in [-0.15, -0.1) is 21.5 Å². The Balaban J connectivity index is 1.58. The molecule has 33 heavy (non-hydrogen) atoms. The van der Waals surface area contributed by atoms with Crippen molar-refractivity contribution in [3.8, 4) is 5.75 Å². The van der Waals surface area contributed by atoms with Gasteiger partial charge in [-0.2, -0.15) is 0 Å². The molecule has 0 atom stereocenters. The van der Waals surface area contributed by atoms with Crippen molar-refractivity contribution in [2.45, 2.75) is 45.9 Å². The first-order valence-electron chi connectivity index (χ1n) is 10.6. The van der Waals surface area contributed by atoms with Crippen LogP contribution in [0.4, 0.5) is 5.00 Å². The number of anilines is 1. The van der Waals surface area contributed by atoms with Gasteiger partial charge in [-0.3, -0.25) is 4.79 Å². The lowest BCUT2D eigenvalue weighted by molar-refractivity contribution is -0.113. The average Bonchev–Trinajstić information content (AvgIpc) is 3.33. The van der Waals surface area contributed by atoms with Crippen molar-refractivity contribution in [2.75, 3.05) is 17.7 Å². The van der Waals surface area contributed by atoms with E-state index in [4.69, 9.17) is 9.47 Å². The maximum absolute atomic E-state index is 12.5. The van der Waals surface area contributed by atoms with Gasteiger partial charge >= 0.3 is 5.97 Å². The highest BCUT2D eigenvalue weighted by Gasteiger charge is 2.19. The van der Waals surface area contributed by atoms with Crippen LogP contribution in [0.25, 0.3) is 0 Å². The van der Waals surface area contributed by atoms with Gasteiger partial charge in [0, 0.05) is 11.9 Å². The molecular formula is C23H28N4O4S2. The van der Waals surface area contributed by atoms with E-state index in [0.29, 0.717) is 21.5 Å². The number of aromatic nitrogens is 3. The second-order valence-corrected chi connectivity index (χ2v) is 9.52. The third-order valence-corrected chi connectivity index (χ3v) is 6.92. The lowest BCUT2D eigenvalue weighted by Gasteiger charge is -2.08. The fourth-order valence-corrected chi connectivity index (χ4v) is 4.85. The number of amides is 1. The fraction of sp³-hybridized carbons (Fsp3) is 0.391. The molecular weight excluding hydrogens is 460 g/mol. The minimum absolute atomic E-state index is 0.130. The van der Waals surface area contributed by atoms with Gasteiger partial charge in [-0.05, 0) is 56.5 Å². The summed E-state index contributed by atoms with van der Waals surface area (Å²) in [4.78, 5) is 25.8. The predicted molar refractivity (Wildman–Crippen MR) is 130 cm³/mol. The molecule has 0 fully saturated rings. The van der Waals surface area contributed by atoms with E-state index in [1.54, 1.807) is 13.0 Å². The smallest absolute Gasteiger partial charge is 0.341 e. The van der Waals surface area contributed by atoms with E-state index in [2.05, 4.69) is 21.6 Å². The molecule has 3 rings (SSSR count). The normalized spacial score (nSPS) is 10.8. The summed E-state index contributed by atoms with van der Waals surface area (Å²) in [5, 5.41) is 12.3. The van der Waals surface area contributed by atoms with Crippen LogP contribution in [-0.2, 0) is 29.6 Å². The van der Waals surface area contributed by atoms with Crippen LogP contribution in [0.5, 0.6) is 5.75 Å². The highest BCUT2D eigenvalue weighted by Crippen LogP contribution is 2.30. The zero-order valence-corrected chi connectivity index (χ0v) is 21.1. The van der Waals surface area contributed by atoms with Gasteiger partial charge in [0.05, 0.1) is 17.9 Å². The summed E-state index contributed by atoms with van der Waals surface area (Å²) in [5.74, 6) is 0.909. The van der Waals surface area contributed by atoms with Gasteiger partial charge in [0.1, 0.15) is 17.4 Å². The average molecular weight is 489 g/mol. The molecule has 10 heteroatoms. The predicted octanol–water partition coefficient (Wildman–Crippen LogP) is 4.54. The molecule has 0 bridgehead atoms. The zero-order chi connectivity index (χ0) is 24.0. The molecule has 0 saturated heterocycles. The Morgan fingerprint density at radius 3 is 2.52 bits per heavy atom. The molecule has 8 nitrogen and oxygen atoms in total. The van der Waals surface area contributed by atoms with Crippen LogP contribution >= 0.6 is 23.1 Å². The Bertz CT molecular complexity index is 1120. The molecule has 3 aromatic rings. The van der Waals surface area contributed by atoms with Gasteiger partial charge in [0.15, 0.2) is 11.0 Å². The first kappa shape index (κ1) is 24.8. The van der Waals surface area contributed by atoms with Gasteiger partial charge in [-0.1, -0.05) is 24.8 Å². The van der Waals surface area contributed by atoms with Crippen LogP contribution < -0.4 is 10.1 Å². The van der Waals surface area contributed by atoms with Gasteiger partial charge < -0.3 is 19.4 Å². The number of rotatable bonds is 10. The molecule has 0 aliphatic carbocycles. The molecule has 2 heterocycles. The molecule has 1 amide bonds. The lowest BCUT2D eigenvalue weighted by atomic mass is 10.1. The molecule has 0 aliphatic rings. The van der Waals surface area contributed by atoms with Crippen LogP contribution in [0.3, 0.4) is 0 Å². The lowest BCUT2D eigenvalue weighted by Crippen LogP contribution is -2.16. The summed E-state index contributed by atoms with van der Waals surface area (Å²) in [5.41, 5.74) is 2.66. The number of hydrogen-bond donors (Lipinski definition) is 1. The van der Waals surface area contributed by atoms with Gasteiger partial charge in [0.25, 0.3) is 0 Å². The number of nitrogens with zero attached hydrogens (tertiary/aromatic N) is 3. The summed E-state index contributed by atoms with van der Waals surface area (Å²) < 4.78 is 12.8. The van der Waals surface area contributed by atoms with Crippen molar-refractivity contribution in [1.82, 2.24) is 14.8 Å². The molecule has 0 radical (unpaired) electrons. The minimum Gasteiger partial charge on any atom is -0.486 e. The Hall–Kier alpha value is -2.85. The van der Waals surface area contributed by atoms with Crippen molar-refractivity contribution in [1.29, 1.82) is 0 Å². The highest BCUT2D eigenvalue weighted by atomic mass is 32.2. The third-order valence-electron chi connectivity index (χ3n) is 4.70. The van der Waals surface area contributed by atoms with Crippen LogP contribution in [0, 0.1) is 13.8 Å². The van der Waals surface area contributed by atoms with E-state index in [9.17, 15) is 9.59 Å². The molecule has 0 unspecified atom stereocenters. The van der Waals surface area contributed by atoms with Crippen LogP contribution in [0.15, 0.2) is 29.4 Å². The van der Waals surface area contributed by atoms with Crippen molar-refractivity contribution < 1.29 is 19.1 Å². The van der Waals surface area contributed by atoms with E-state index in [0.717, 1.165) is 28.2 Å². The Kier molecular flexibility index (Phi) is 8.51. The molecule has 1 aromatic carbocycles. The number of hydrogen-bond acceptors (Lipinski definition) is 8. The van der Waals surface area contributed by atoms with E-state index in [1.807, 2.05) is 44.5 Å². The largest absolute Gasteiger partial charge is 0.486 e. The van der Waals surface area contributed by atoms with Crippen molar-refractivity contribution >= 4 is 40.0 Å². The van der Waals surface area contributed by atoms with E-state index in [1.165, 1.54) is 23.1 Å². The monoisotopic (exact) mass is 488 g/mol. The number of thioether (sulfide) groups is 1. The second-order valence-electron chi connectivity index (χ2n) is 7.44. The quantitative estimate of drug-likeness (QED) is 0.331. The highest BCUT2D eigenvalue weighted by molar-refractivity contribution is 7.99. The maximum Gasteiger partial charge on any atom is 0.341 e. The minimum atomic E-state index is -0.432. The van der Waals surface area contributed by atoms with Crippen LogP contribution in [0.1, 0.15) is 46.0 Å². The molecule has 1 N–H and O–H groups in total.